The number of aromatic nitrogens is 2. The van der Waals surface area contributed by atoms with E-state index >= 15 is 0 Å². The maximum Gasteiger partial charge on any atom is 0.133 e. The standard InChI is InChI=1S/C16H19N3O/c1-3-14-18-15-11-7-5-6-8-13(11)20-10-9-12(15)16(19-14)17-4-2/h5-8H,3-4,9-10H2,1-2H3,(H,17,18,19). The summed E-state index contributed by atoms with van der Waals surface area (Å²) in [5, 5.41) is 3.36. The van der Waals surface area contributed by atoms with Crippen molar-refractivity contribution in [2.24, 2.45) is 0 Å². The van der Waals surface area contributed by atoms with Crippen LogP contribution in [0.4, 0.5) is 5.82 Å². The maximum absolute atomic E-state index is 5.84. The number of nitrogens with one attached hydrogen (secondary N) is 1. The molecule has 1 aliphatic rings. The van der Waals surface area contributed by atoms with Gasteiger partial charge >= 0.3 is 0 Å². The molecule has 0 radical (unpaired) electrons. The summed E-state index contributed by atoms with van der Waals surface area (Å²) in [5.41, 5.74) is 3.24. The van der Waals surface area contributed by atoms with Gasteiger partial charge in [0.05, 0.1) is 12.3 Å². The number of fused-ring (bicyclic) bond motifs is 3. The van der Waals surface area contributed by atoms with Crippen LogP contribution in [0, 0.1) is 0 Å². The molecule has 0 saturated heterocycles. The van der Waals surface area contributed by atoms with Crippen LogP contribution in [0.2, 0.25) is 0 Å². The van der Waals surface area contributed by atoms with Gasteiger partial charge < -0.3 is 10.1 Å². The fraction of sp³-hybridized carbons (Fsp3) is 0.375. The van der Waals surface area contributed by atoms with E-state index in [4.69, 9.17) is 9.72 Å². The Balaban J connectivity index is 2.23. The molecule has 0 aliphatic carbocycles. The number of aryl methyl sites for hydroxylation is 1. The van der Waals surface area contributed by atoms with Crippen molar-refractivity contribution in [2.75, 3.05) is 18.5 Å². The Hall–Kier alpha value is -2.10. The summed E-state index contributed by atoms with van der Waals surface area (Å²) >= 11 is 0. The quantitative estimate of drug-likeness (QED) is 0.930. The highest BCUT2D eigenvalue weighted by molar-refractivity contribution is 5.74. The second-order valence-electron chi connectivity index (χ2n) is 4.79. The maximum atomic E-state index is 5.84. The smallest absolute Gasteiger partial charge is 0.133 e. The third-order valence-corrected chi connectivity index (χ3v) is 3.47. The van der Waals surface area contributed by atoms with Gasteiger partial charge in [-0.3, -0.25) is 0 Å². The molecule has 0 saturated carbocycles. The Kier molecular flexibility index (Phi) is 3.54. The van der Waals surface area contributed by atoms with E-state index in [1.807, 2.05) is 18.2 Å². The summed E-state index contributed by atoms with van der Waals surface area (Å²) in [7, 11) is 0. The number of hydrogen-bond donors (Lipinski definition) is 1. The van der Waals surface area contributed by atoms with Crippen LogP contribution in [-0.2, 0) is 12.8 Å². The predicted molar refractivity (Wildman–Crippen MR) is 80.2 cm³/mol. The van der Waals surface area contributed by atoms with Crippen molar-refractivity contribution in [2.45, 2.75) is 26.7 Å². The molecular formula is C16H19N3O. The number of rotatable bonds is 3. The number of nitrogens with zero attached hydrogens (tertiary/aromatic N) is 2. The van der Waals surface area contributed by atoms with Crippen molar-refractivity contribution in [3.63, 3.8) is 0 Å². The molecule has 0 unspecified atom stereocenters. The minimum Gasteiger partial charge on any atom is -0.493 e. The van der Waals surface area contributed by atoms with Crippen molar-refractivity contribution in [1.29, 1.82) is 0 Å². The van der Waals surface area contributed by atoms with Crippen LogP contribution in [0.1, 0.15) is 25.2 Å². The Morgan fingerprint density at radius 2 is 2.05 bits per heavy atom. The monoisotopic (exact) mass is 269 g/mol. The summed E-state index contributed by atoms with van der Waals surface area (Å²) in [5.74, 6) is 2.74. The molecule has 2 aromatic rings. The number of anilines is 1. The van der Waals surface area contributed by atoms with E-state index in [2.05, 4.69) is 30.2 Å². The Morgan fingerprint density at radius 1 is 1.20 bits per heavy atom. The van der Waals surface area contributed by atoms with Crippen LogP contribution >= 0.6 is 0 Å². The molecule has 1 N–H and O–H groups in total. The molecule has 20 heavy (non-hydrogen) atoms. The van der Waals surface area contributed by atoms with Gasteiger partial charge in [0.2, 0.25) is 0 Å². The highest BCUT2D eigenvalue weighted by atomic mass is 16.5. The molecule has 0 spiro atoms. The van der Waals surface area contributed by atoms with Crippen LogP contribution in [0.5, 0.6) is 5.75 Å². The highest BCUT2D eigenvalue weighted by Gasteiger charge is 2.20. The summed E-state index contributed by atoms with van der Waals surface area (Å²) in [4.78, 5) is 9.38. The second kappa shape index (κ2) is 5.49. The highest BCUT2D eigenvalue weighted by Crippen LogP contribution is 2.36. The average Bonchev–Trinajstić information content (AvgIpc) is 2.67. The second-order valence-corrected chi connectivity index (χ2v) is 4.79. The van der Waals surface area contributed by atoms with Gasteiger partial charge in [0, 0.05) is 30.5 Å². The van der Waals surface area contributed by atoms with Crippen molar-refractivity contribution < 1.29 is 4.74 Å². The topological polar surface area (TPSA) is 47.0 Å². The minimum atomic E-state index is 0.664. The summed E-state index contributed by atoms with van der Waals surface area (Å²) < 4.78 is 5.84. The van der Waals surface area contributed by atoms with E-state index in [-0.39, 0.29) is 0 Å². The van der Waals surface area contributed by atoms with Crippen LogP contribution in [0.15, 0.2) is 24.3 Å². The molecule has 2 heterocycles. The lowest BCUT2D eigenvalue weighted by Crippen LogP contribution is -2.10. The minimum absolute atomic E-state index is 0.664. The third kappa shape index (κ3) is 2.22. The van der Waals surface area contributed by atoms with Gasteiger partial charge in [-0.15, -0.1) is 0 Å². The average molecular weight is 269 g/mol. The van der Waals surface area contributed by atoms with E-state index in [0.29, 0.717) is 6.61 Å². The molecule has 1 aliphatic heterocycles. The summed E-state index contributed by atoms with van der Waals surface area (Å²) in [6, 6.07) is 8.10. The molecule has 0 fully saturated rings. The molecule has 3 rings (SSSR count). The normalized spacial score (nSPS) is 12.9. The Bertz CT molecular complexity index is 625. The van der Waals surface area contributed by atoms with E-state index in [9.17, 15) is 0 Å². The number of para-hydroxylation sites is 1. The lowest BCUT2D eigenvalue weighted by atomic mass is 10.0. The van der Waals surface area contributed by atoms with Crippen molar-refractivity contribution >= 4 is 5.82 Å². The van der Waals surface area contributed by atoms with Crippen molar-refractivity contribution in [1.82, 2.24) is 9.97 Å². The fourth-order valence-corrected chi connectivity index (χ4v) is 2.51. The first-order chi connectivity index (χ1) is 9.83. The van der Waals surface area contributed by atoms with E-state index in [1.165, 1.54) is 0 Å². The first-order valence-electron chi connectivity index (χ1n) is 7.19. The van der Waals surface area contributed by atoms with Gasteiger partial charge in [-0.1, -0.05) is 19.1 Å². The van der Waals surface area contributed by atoms with Crippen LogP contribution < -0.4 is 10.1 Å². The summed E-state index contributed by atoms with van der Waals surface area (Å²) in [6.07, 6.45) is 1.66. The molecule has 104 valence electrons. The van der Waals surface area contributed by atoms with E-state index in [0.717, 1.165) is 53.6 Å². The molecule has 1 aromatic carbocycles. The van der Waals surface area contributed by atoms with Crippen molar-refractivity contribution in [3.05, 3.63) is 35.7 Å². The SMILES string of the molecule is CCNc1nc(CC)nc2c1CCOc1ccccc1-2. The first-order valence-corrected chi connectivity index (χ1v) is 7.19. The van der Waals surface area contributed by atoms with Gasteiger partial charge in [-0.05, 0) is 19.1 Å². The van der Waals surface area contributed by atoms with E-state index < -0.39 is 0 Å². The van der Waals surface area contributed by atoms with Crippen LogP contribution in [0.3, 0.4) is 0 Å². The van der Waals surface area contributed by atoms with Gasteiger partial charge in [-0.2, -0.15) is 0 Å². The fourth-order valence-electron chi connectivity index (χ4n) is 2.51. The Labute approximate surface area is 119 Å². The van der Waals surface area contributed by atoms with Crippen LogP contribution in [-0.4, -0.2) is 23.1 Å². The van der Waals surface area contributed by atoms with Crippen molar-refractivity contribution in [3.8, 4) is 17.0 Å². The molecule has 0 amide bonds. The third-order valence-electron chi connectivity index (χ3n) is 3.47. The largest absolute Gasteiger partial charge is 0.493 e. The number of ether oxygens (including phenoxy) is 1. The number of hydrogen-bond acceptors (Lipinski definition) is 4. The van der Waals surface area contributed by atoms with E-state index in [1.54, 1.807) is 0 Å². The van der Waals surface area contributed by atoms with Crippen LogP contribution in [0.25, 0.3) is 11.3 Å². The van der Waals surface area contributed by atoms with Gasteiger partial charge in [0.25, 0.3) is 0 Å². The lowest BCUT2D eigenvalue weighted by Gasteiger charge is -2.13. The number of benzene rings is 1. The predicted octanol–water partition coefficient (Wildman–Crippen LogP) is 3.07. The lowest BCUT2D eigenvalue weighted by molar-refractivity contribution is 0.326. The van der Waals surface area contributed by atoms with Gasteiger partial charge in [0.1, 0.15) is 17.4 Å². The molecular weight excluding hydrogens is 250 g/mol. The summed E-state index contributed by atoms with van der Waals surface area (Å²) in [6.45, 7) is 5.68. The molecule has 0 atom stereocenters. The molecule has 4 nitrogen and oxygen atoms in total. The Morgan fingerprint density at radius 3 is 2.85 bits per heavy atom. The first kappa shape index (κ1) is 12.9. The zero-order valence-corrected chi connectivity index (χ0v) is 11.9. The zero-order chi connectivity index (χ0) is 13.9. The molecule has 1 aromatic heterocycles. The molecule has 4 heteroatoms. The molecule has 0 bridgehead atoms. The van der Waals surface area contributed by atoms with Gasteiger partial charge in [0.15, 0.2) is 0 Å². The van der Waals surface area contributed by atoms with Gasteiger partial charge in [-0.25, -0.2) is 9.97 Å². The zero-order valence-electron chi connectivity index (χ0n) is 11.9.